The third-order valence-electron chi connectivity index (χ3n) is 2.58. The van der Waals surface area contributed by atoms with E-state index < -0.39 is 0 Å². The van der Waals surface area contributed by atoms with E-state index in [2.05, 4.69) is 12.1 Å². The van der Waals surface area contributed by atoms with Crippen molar-refractivity contribution in [3.63, 3.8) is 0 Å². The maximum Gasteiger partial charge on any atom is 0.162 e. The van der Waals surface area contributed by atoms with E-state index in [1.54, 1.807) is 0 Å². The number of carbonyl (C=O) groups excluding carboxylic acids is 1. The zero-order chi connectivity index (χ0) is 11.3. The molecule has 1 fully saturated rings. The van der Waals surface area contributed by atoms with Gasteiger partial charge in [0.05, 0.1) is 0 Å². The highest BCUT2D eigenvalue weighted by Gasteiger charge is 2.23. The van der Waals surface area contributed by atoms with Crippen LogP contribution in [0.25, 0.3) is 0 Å². The molecule has 0 saturated heterocycles. The molecule has 1 aliphatic rings. The summed E-state index contributed by atoms with van der Waals surface area (Å²) < 4.78 is 0. The van der Waals surface area contributed by atoms with Crippen molar-refractivity contribution < 1.29 is 4.79 Å². The first-order valence-corrected chi connectivity index (χ1v) is 5.94. The van der Waals surface area contributed by atoms with Gasteiger partial charge in [-0.05, 0) is 30.4 Å². The van der Waals surface area contributed by atoms with E-state index in [1.807, 2.05) is 32.9 Å². The first kappa shape index (κ1) is 12.0. The number of carbonyl (C=O) groups is 1. The maximum atomic E-state index is 11.4. The number of rotatable bonds is 3. The lowest BCUT2D eigenvalue weighted by atomic mass is 10.0. The SMILES string of the molecule is CC.CCC(=O)c1cccc(C2CC2)c1. The zero-order valence-corrected chi connectivity index (χ0v) is 9.92. The van der Waals surface area contributed by atoms with Gasteiger partial charge in [0, 0.05) is 12.0 Å². The standard InChI is InChI=1S/C12H14O.C2H6/c1-2-12(13)11-5-3-4-10(8-11)9-6-7-9;1-2/h3-5,8-9H,2,6-7H2,1H3;1-2H3. The van der Waals surface area contributed by atoms with E-state index in [0.717, 1.165) is 11.5 Å². The van der Waals surface area contributed by atoms with Crippen molar-refractivity contribution in [3.8, 4) is 0 Å². The van der Waals surface area contributed by atoms with Gasteiger partial charge in [-0.15, -0.1) is 0 Å². The van der Waals surface area contributed by atoms with E-state index in [-0.39, 0.29) is 5.78 Å². The lowest BCUT2D eigenvalue weighted by Gasteiger charge is -2.01. The molecule has 0 aromatic heterocycles. The van der Waals surface area contributed by atoms with Crippen molar-refractivity contribution in [1.82, 2.24) is 0 Å². The fraction of sp³-hybridized carbons (Fsp3) is 0.500. The third-order valence-corrected chi connectivity index (χ3v) is 2.58. The highest BCUT2D eigenvalue weighted by molar-refractivity contribution is 5.96. The van der Waals surface area contributed by atoms with Crippen molar-refractivity contribution in [3.05, 3.63) is 35.4 Å². The Kier molecular flexibility index (Phi) is 4.54. The smallest absolute Gasteiger partial charge is 0.162 e. The van der Waals surface area contributed by atoms with Crippen LogP contribution >= 0.6 is 0 Å². The van der Waals surface area contributed by atoms with Gasteiger partial charge in [0.15, 0.2) is 5.78 Å². The largest absolute Gasteiger partial charge is 0.294 e. The molecule has 0 atom stereocenters. The molecular formula is C14H20O. The highest BCUT2D eigenvalue weighted by Crippen LogP contribution is 2.40. The molecule has 0 spiro atoms. The first-order chi connectivity index (χ1) is 7.31. The van der Waals surface area contributed by atoms with Gasteiger partial charge < -0.3 is 0 Å². The molecule has 2 rings (SSSR count). The maximum absolute atomic E-state index is 11.4. The molecule has 1 nitrogen and oxygen atoms in total. The Balaban J connectivity index is 0.000000531. The highest BCUT2D eigenvalue weighted by atomic mass is 16.1. The Hall–Kier alpha value is -1.11. The van der Waals surface area contributed by atoms with Crippen LogP contribution in [0.4, 0.5) is 0 Å². The summed E-state index contributed by atoms with van der Waals surface area (Å²) >= 11 is 0. The molecule has 1 saturated carbocycles. The molecule has 0 amide bonds. The Morgan fingerprint density at radius 3 is 2.53 bits per heavy atom. The number of ketones is 1. The summed E-state index contributed by atoms with van der Waals surface area (Å²) in [7, 11) is 0. The topological polar surface area (TPSA) is 17.1 Å². The second-order valence-electron chi connectivity index (χ2n) is 3.68. The van der Waals surface area contributed by atoms with Crippen molar-refractivity contribution >= 4 is 5.78 Å². The number of hydrogen-bond donors (Lipinski definition) is 0. The molecule has 0 bridgehead atoms. The van der Waals surface area contributed by atoms with Crippen molar-refractivity contribution in [2.24, 2.45) is 0 Å². The molecule has 0 heterocycles. The predicted octanol–water partition coefficient (Wildman–Crippen LogP) is 4.18. The van der Waals surface area contributed by atoms with E-state index in [4.69, 9.17) is 0 Å². The van der Waals surface area contributed by atoms with Crippen LogP contribution in [0.3, 0.4) is 0 Å². The molecule has 1 aliphatic carbocycles. The molecule has 1 aromatic carbocycles. The van der Waals surface area contributed by atoms with Gasteiger partial charge in [0.2, 0.25) is 0 Å². The van der Waals surface area contributed by atoms with Crippen LogP contribution in [0.1, 0.15) is 61.9 Å². The average molecular weight is 204 g/mol. The van der Waals surface area contributed by atoms with Crippen LogP contribution in [0.15, 0.2) is 24.3 Å². The van der Waals surface area contributed by atoms with Crippen molar-refractivity contribution in [2.75, 3.05) is 0 Å². The minimum absolute atomic E-state index is 0.252. The van der Waals surface area contributed by atoms with Crippen LogP contribution in [0.5, 0.6) is 0 Å². The lowest BCUT2D eigenvalue weighted by Crippen LogP contribution is -1.96. The van der Waals surface area contributed by atoms with Gasteiger partial charge in [-0.3, -0.25) is 4.79 Å². The Morgan fingerprint density at radius 2 is 2.00 bits per heavy atom. The molecule has 1 heteroatoms. The number of benzene rings is 1. The summed E-state index contributed by atoms with van der Waals surface area (Å²) in [5, 5.41) is 0. The molecular weight excluding hydrogens is 184 g/mol. The molecule has 0 radical (unpaired) electrons. The number of Topliss-reactive ketones (excluding diaryl/α,β-unsaturated/α-hetero) is 1. The summed E-state index contributed by atoms with van der Waals surface area (Å²) in [6.45, 7) is 5.91. The van der Waals surface area contributed by atoms with Gasteiger partial charge in [-0.2, -0.15) is 0 Å². The fourth-order valence-electron chi connectivity index (χ4n) is 1.59. The van der Waals surface area contributed by atoms with E-state index >= 15 is 0 Å². The third kappa shape index (κ3) is 3.19. The number of hydrogen-bond acceptors (Lipinski definition) is 1. The van der Waals surface area contributed by atoms with E-state index in [9.17, 15) is 4.79 Å². The Morgan fingerprint density at radius 1 is 1.33 bits per heavy atom. The van der Waals surface area contributed by atoms with E-state index in [1.165, 1.54) is 18.4 Å². The second-order valence-corrected chi connectivity index (χ2v) is 3.68. The Bertz CT molecular complexity index is 324. The fourth-order valence-corrected chi connectivity index (χ4v) is 1.59. The lowest BCUT2D eigenvalue weighted by molar-refractivity contribution is 0.0988. The average Bonchev–Trinajstić information content (AvgIpc) is 3.15. The van der Waals surface area contributed by atoms with Crippen LogP contribution in [0, 0.1) is 0 Å². The molecule has 1 aromatic rings. The summed E-state index contributed by atoms with van der Waals surface area (Å²) in [4.78, 5) is 11.4. The van der Waals surface area contributed by atoms with Gasteiger partial charge in [0.25, 0.3) is 0 Å². The van der Waals surface area contributed by atoms with Gasteiger partial charge >= 0.3 is 0 Å². The molecule has 0 aliphatic heterocycles. The normalized spacial score (nSPS) is 14.1. The van der Waals surface area contributed by atoms with Gasteiger partial charge in [-0.1, -0.05) is 39.0 Å². The zero-order valence-electron chi connectivity index (χ0n) is 9.92. The minimum Gasteiger partial charge on any atom is -0.294 e. The summed E-state index contributed by atoms with van der Waals surface area (Å²) in [5.74, 6) is 0.993. The van der Waals surface area contributed by atoms with Crippen LogP contribution in [-0.4, -0.2) is 5.78 Å². The molecule has 82 valence electrons. The molecule has 15 heavy (non-hydrogen) atoms. The van der Waals surface area contributed by atoms with Crippen molar-refractivity contribution in [2.45, 2.75) is 46.0 Å². The quantitative estimate of drug-likeness (QED) is 0.675. The van der Waals surface area contributed by atoms with Crippen LogP contribution < -0.4 is 0 Å². The van der Waals surface area contributed by atoms with E-state index in [0.29, 0.717) is 6.42 Å². The predicted molar refractivity (Wildman–Crippen MR) is 64.4 cm³/mol. The monoisotopic (exact) mass is 204 g/mol. The summed E-state index contributed by atoms with van der Waals surface area (Å²) in [6.07, 6.45) is 3.20. The first-order valence-electron chi connectivity index (χ1n) is 5.94. The Labute approximate surface area is 92.5 Å². The van der Waals surface area contributed by atoms with Crippen LogP contribution in [0.2, 0.25) is 0 Å². The minimum atomic E-state index is 0.252. The molecule has 0 unspecified atom stereocenters. The van der Waals surface area contributed by atoms with Gasteiger partial charge in [-0.25, -0.2) is 0 Å². The molecule has 0 N–H and O–H groups in total. The summed E-state index contributed by atoms with van der Waals surface area (Å²) in [6, 6.07) is 8.10. The second kappa shape index (κ2) is 5.69. The summed E-state index contributed by atoms with van der Waals surface area (Å²) in [5.41, 5.74) is 2.23. The van der Waals surface area contributed by atoms with Crippen molar-refractivity contribution in [1.29, 1.82) is 0 Å². The van der Waals surface area contributed by atoms with Crippen LogP contribution in [-0.2, 0) is 0 Å². The van der Waals surface area contributed by atoms with Gasteiger partial charge in [0.1, 0.15) is 0 Å².